The third kappa shape index (κ3) is 3.73. The van der Waals surface area contributed by atoms with Crippen LogP contribution >= 0.6 is 35.1 Å². The van der Waals surface area contributed by atoms with Crippen LogP contribution in [-0.4, -0.2) is 39.9 Å². The summed E-state index contributed by atoms with van der Waals surface area (Å²) in [5, 5.41) is 14.1. The lowest BCUT2D eigenvalue weighted by atomic mass is 10.1. The SMILES string of the molecule is CSCC(C)(O)CNc1snc(N)c1SC. The molecule has 7 heteroatoms. The zero-order chi connectivity index (χ0) is 12.2. The largest absolute Gasteiger partial charge is 0.387 e. The van der Waals surface area contributed by atoms with Gasteiger partial charge in [-0.05, 0) is 31.0 Å². The number of rotatable bonds is 6. The van der Waals surface area contributed by atoms with Gasteiger partial charge in [0.05, 0.1) is 10.5 Å². The van der Waals surface area contributed by atoms with Crippen LogP contribution in [0.3, 0.4) is 0 Å². The quantitative estimate of drug-likeness (QED) is 0.692. The number of nitrogen functional groups attached to an aromatic ring is 1. The van der Waals surface area contributed by atoms with Crippen molar-refractivity contribution in [3.8, 4) is 0 Å². The fourth-order valence-corrected chi connectivity index (χ4v) is 3.50. The summed E-state index contributed by atoms with van der Waals surface area (Å²) in [5.74, 6) is 1.26. The summed E-state index contributed by atoms with van der Waals surface area (Å²) in [5.41, 5.74) is 5.01. The predicted molar refractivity (Wildman–Crippen MR) is 75.8 cm³/mol. The van der Waals surface area contributed by atoms with E-state index in [1.165, 1.54) is 11.5 Å². The maximum Gasteiger partial charge on any atom is 0.153 e. The molecule has 0 amide bonds. The fourth-order valence-electron chi connectivity index (χ4n) is 1.24. The minimum atomic E-state index is -0.714. The molecule has 0 aliphatic rings. The Bertz CT molecular complexity index is 341. The molecule has 4 N–H and O–H groups in total. The Morgan fingerprint density at radius 1 is 1.56 bits per heavy atom. The first-order valence-corrected chi connectivity index (χ1v) is 8.13. The minimum absolute atomic E-state index is 0.503. The third-order valence-corrected chi connectivity index (χ3v) is 4.64. The predicted octanol–water partition coefficient (Wildman–Crippen LogP) is 1.97. The van der Waals surface area contributed by atoms with Crippen molar-refractivity contribution < 1.29 is 5.11 Å². The van der Waals surface area contributed by atoms with Crippen molar-refractivity contribution in [3.63, 3.8) is 0 Å². The highest BCUT2D eigenvalue weighted by atomic mass is 32.2. The smallest absolute Gasteiger partial charge is 0.153 e. The van der Waals surface area contributed by atoms with Crippen molar-refractivity contribution in [3.05, 3.63) is 0 Å². The van der Waals surface area contributed by atoms with Gasteiger partial charge in [0.15, 0.2) is 5.82 Å². The van der Waals surface area contributed by atoms with Crippen molar-refractivity contribution in [2.45, 2.75) is 17.4 Å². The van der Waals surface area contributed by atoms with Gasteiger partial charge in [0.2, 0.25) is 0 Å². The number of hydrogen-bond acceptors (Lipinski definition) is 7. The molecule has 0 radical (unpaired) electrons. The van der Waals surface area contributed by atoms with Gasteiger partial charge >= 0.3 is 0 Å². The number of hydrogen-bond donors (Lipinski definition) is 3. The minimum Gasteiger partial charge on any atom is -0.387 e. The molecule has 0 saturated heterocycles. The summed E-state index contributed by atoms with van der Waals surface area (Å²) in [6.07, 6.45) is 3.94. The number of nitrogens with two attached hydrogens (primary N) is 1. The van der Waals surface area contributed by atoms with Crippen LogP contribution in [0.15, 0.2) is 4.90 Å². The van der Waals surface area contributed by atoms with E-state index in [-0.39, 0.29) is 0 Å². The van der Waals surface area contributed by atoms with E-state index >= 15 is 0 Å². The third-order valence-electron chi connectivity index (χ3n) is 1.96. The van der Waals surface area contributed by atoms with E-state index in [2.05, 4.69) is 9.69 Å². The standard InChI is InChI=1S/C9H17N3OS3/c1-9(13,5-14-2)4-11-8-6(15-3)7(10)12-16-8/h11,13H,4-5H2,1-3H3,(H2,10,12). The van der Waals surface area contributed by atoms with Crippen molar-refractivity contribution in [1.29, 1.82) is 0 Å². The normalized spacial score (nSPS) is 14.8. The Morgan fingerprint density at radius 3 is 2.81 bits per heavy atom. The number of anilines is 2. The van der Waals surface area contributed by atoms with Crippen LogP contribution in [0, 0.1) is 0 Å². The number of aliphatic hydroxyl groups is 1. The van der Waals surface area contributed by atoms with E-state index in [1.807, 2.05) is 19.4 Å². The maximum atomic E-state index is 10.0. The maximum absolute atomic E-state index is 10.0. The second kappa shape index (κ2) is 6.00. The Hall–Kier alpha value is -0.110. The number of nitrogens with zero attached hydrogens (tertiary/aromatic N) is 1. The molecule has 0 fully saturated rings. The molecule has 0 aliphatic heterocycles. The van der Waals surface area contributed by atoms with Gasteiger partial charge in [-0.1, -0.05) is 0 Å². The molecule has 4 nitrogen and oxygen atoms in total. The first-order chi connectivity index (χ1) is 7.50. The fraction of sp³-hybridized carbons (Fsp3) is 0.667. The first-order valence-electron chi connectivity index (χ1n) is 4.74. The Balaban J connectivity index is 2.60. The molecule has 16 heavy (non-hydrogen) atoms. The van der Waals surface area contributed by atoms with E-state index in [1.54, 1.807) is 23.5 Å². The van der Waals surface area contributed by atoms with E-state index in [0.717, 1.165) is 9.90 Å². The first kappa shape index (κ1) is 14.0. The van der Waals surface area contributed by atoms with Crippen molar-refractivity contribution in [2.75, 3.05) is 35.9 Å². The summed E-state index contributed by atoms with van der Waals surface area (Å²) in [7, 11) is 0. The highest BCUT2D eigenvalue weighted by molar-refractivity contribution is 7.99. The lowest BCUT2D eigenvalue weighted by Gasteiger charge is -2.22. The van der Waals surface area contributed by atoms with Crippen LogP contribution in [0.25, 0.3) is 0 Å². The molecule has 0 spiro atoms. The molecular formula is C9H17N3OS3. The molecule has 1 heterocycles. The number of aromatic nitrogens is 1. The summed E-state index contributed by atoms with van der Waals surface area (Å²) in [6, 6.07) is 0. The molecular weight excluding hydrogens is 262 g/mol. The Kier molecular flexibility index (Phi) is 5.23. The Morgan fingerprint density at radius 2 is 2.25 bits per heavy atom. The zero-order valence-corrected chi connectivity index (χ0v) is 12.1. The highest BCUT2D eigenvalue weighted by Gasteiger charge is 2.20. The second-order valence-electron chi connectivity index (χ2n) is 3.71. The van der Waals surface area contributed by atoms with Gasteiger partial charge in [0.1, 0.15) is 5.00 Å². The van der Waals surface area contributed by atoms with E-state index in [4.69, 9.17) is 5.73 Å². The van der Waals surface area contributed by atoms with E-state index in [0.29, 0.717) is 18.1 Å². The van der Waals surface area contributed by atoms with Crippen LogP contribution in [0.1, 0.15) is 6.92 Å². The average Bonchev–Trinajstić information content (AvgIpc) is 2.56. The molecule has 0 saturated carbocycles. The van der Waals surface area contributed by atoms with Gasteiger partial charge in [-0.3, -0.25) is 0 Å². The van der Waals surface area contributed by atoms with Crippen LogP contribution in [0.5, 0.6) is 0 Å². The lowest BCUT2D eigenvalue weighted by molar-refractivity contribution is 0.0997. The molecule has 92 valence electrons. The zero-order valence-electron chi connectivity index (χ0n) is 9.61. The van der Waals surface area contributed by atoms with Gasteiger partial charge in [-0.25, -0.2) is 0 Å². The molecule has 1 aromatic rings. The monoisotopic (exact) mass is 279 g/mol. The number of nitrogens with one attached hydrogen (secondary N) is 1. The van der Waals surface area contributed by atoms with Crippen LogP contribution in [0.4, 0.5) is 10.8 Å². The van der Waals surface area contributed by atoms with Gasteiger partial charge < -0.3 is 16.2 Å². The van der Waals surface area contributed by atoms with E-state index < -0.39 is 5.60 Å². The second-order valence-corrected chi connectivity index (χ2v) is 6.17. The van der Waals surface area contributed by atoms with E-state index in [9.17, 15) is 5.11 Å². The highest BCUT2D eigenvalue weighted by Crippen LogP contribution is 2.34. The average molecular weight is 279 g/mol. The summed E-state index contributed by atoms with van der Waals surface area (Å²) >= 11 is 4.53. The molecule has 1 rings (SSSR count). The molecule has 0 aliphatic carbocycles. The van der Waals surface area contributed by atoms with Crippen LogP contribution < -0.4 is 11.1 Å². The van der Waals surface area contributed by atoms with Crippen molar-refractivity contribution in [2.24, 2.45) is 0 Å². The summed E-state index contributed by atoms with van der Waals surface area (Å²) < 4.78 is 4.08. The topological polar surface area (TPSA) is 71.2 Å². The lowest BCUT2D eigenvalue weighted by Crippen LogP contribution is -2.35. The van der Waals surface area contributed by atoms with Gasteiger partial charge in [-0.2, -0.15) is 16.1 Å². The summed E-state index contributed by atoms with van der Waals surface area (Å²) in [4.78, 5) is 0.963. The molecule has 1 unspecified atom stereocenters. The molecule has 0 bridgehead atoms. The van der Waals surface area contributed by atoms with Crippen LogP contribution in [-0.2, 0) is 0 Å². The summed E-state index contributed by atoms with van der Waals surface area (Å²) in [6.45, 7) is 2.32. The Labute approximate surface area is 109 Å². The van der Waals surface area contributed by atoms with Crippen molar-refractivity contribution in [1.82, 2.24) is 4.37 Å². The van der Waals surface area contributed by atoms with Gasteiger partial charge in [0, 0.05) is 12.3 Å². The van der Waals surface area contributed by atoms with Gasteiger partial charge in [-0.15, -0.1) is 11.8 Å². The molecule has 1 atom stereocenters. The molecule has 1 aromatic heterocycles. The van der Waals surface area contributed by atoms with Crippen LogP contribution in [0.2, 0.25) is 0 Å². The number of thioether (sulfide) groups is 2. The van der Waals surface area contributed by atoms with Gasteiger partial charge in [0.25, 0.3) is 0 Å². The molecule has 0 aromatic carbocycles. The van der Waals surface area contributed by atoms with Crippen molar-refractivity contribution >= 4 is 45.9 Å².